The molecule has 7 heteroatoms. The largest absolute Gasteiger partial charge is 0.450 e. The van der Waals surface area contributed by atoms with Crippen LogP contribution >= 0.6 is 27.7 Å². The number of hydrogen-bond donors (Lipinski definition) is 0. The van der Waals surface area contributed by atoms with Crippen molar-refractivity contribution in [2.75, 3.05) is 38.5 Å². The first-order chi connectivity index (χ1) is 10.6. The third-order valence-corrected chi connectivity index (χ3v) is 4.86. The Balaban J connectivity index is 1.75. The lowest BCUT2D eigenvalue weighted by Gasteiger charge is -2.34. The van der Waals surface area contributed by atoms with Gasteiger partial charge in [-0.05, 0) is 31.2 Å². The Hall–Kier alpha value is -1.21. The minimum atomic E-state index is -0.293. The summed E-state index contributed by atoms with van der Waals surface area (Å²) in [5.41, 5.74) is 0. The number of amides is 2. The minimum Gasteiger partial charge on any atom is -0.450 e. The second-order valence-corrected chi connectivity index (χ2v) is 6.77. The van der Waals surface area contributed by atoms with Gasteiger partial charge in [0.05, 0.1) is 12.4 Å². The van der Waals surface area contributed by atoms with Crippen molar-refractivity contribution < 1.29 is 14.3 Å². The fraction of sp³-hybridized carbons (Fsp3) is 0.467. The Kier molecular flexibility index (Phi) is 6.57. The van der Waals surface area contributed by atoms with Crippen LogP contribution in [0.2, 0.25) is 0 Å². The van der Waals surface area contributed by atoms with Crippen LogP contribution in [0.25, 0.3) is 0 Å². The normalized spacial score (nSPS) is 14.8. The Bertz CT molecular complexity index is 516. The van der Waals surface area contributed by atoms with Crippen LogP contribution in [0, 0.1) is 0 Å². The molecule has 2 rings (SSSR count). The van der Waals surface area contributed by atoms with E-state index in [0.717, 1.165) is 9.37 Å². The molecule has 120 valence electrons. The number of carbonyl (C=O) groups is 2. The predicted octanol–water partition coefficient (Wildman–Crippen LogP) is 2.84. The van der Waals surface area contributed by atoms with Gasteiger partial charge in [0.15, 0.2) is 0 Å². The predicted molar refractivity (Wildman–Crippen MR) is 90.0 cm³/mol. The van der Waals surface area contributed by atoms with Gasteiger partial charge in [0, 0.05) is 35.5 Å². The van der Waals surface area contributed by atoms with Crippen molar-refractivity contribution >= 4 is 39.7 Å². The van der Waals surface area contributed by atoms with Gasteiger partial charge in [-0.3, -0.25) is 4.79 Å². The van der Waals surface area contributed by atoms with E-state index in [2.05, 4.69) is 15.9 Å². The molecule has 22 heavy (non-hydrogen) atoms. The molecular weight excluding hydrogens is 368 g/mol. The molecule has 1 aliphatic rings. The quantitative estimate of drug-likeness (QED) is 0.746. The van der Waals surface area contributed by atoms with Crippen LogP contribution in [0.15, 0.2) is 33.6 Å². The first-order valence-electron chi connectivity index (χ1n) is 7.18. The van der Waals surface area contributed by atoms with Crippen LogP contribution in [-0.2, 0) is 9.53 Å². The summed E-state index contributed by atoms with van der Waals surface area (Å²) in [7, 11) is 0. The van der Waals surface area contributed by atoms with Crippen LogP contribution in [0.1, 0.15) is 6.92 Å². The van der Waals surface area contributed by atoms with Gasteiger partial charge >= 0.3 is 6.09 Å². The molecule has 1 aromatic carbocycles. The molecule has 0 spiro atoms. The van der Waals surface area contributed by atoms with E-state index in [9.17, 15) is 9.59 Å². The molecule has 1 fully saturated rings. The summed E-state index contributed by atoms with van der Waals surface area (Å²) in [6, 6.07) is 7.90. The van der Waals surface area contributed by atoms with Crippen molar-refractivity contribution in [1.29, 1.82) is 0 Å². The molecule has 1 aliphatic heterocycles. The van der Waals surface area contributed by atoms with Crippen LogP contribution in [0.5, 0.6) is 0 Å². The van der Waals surface area contributed by atoms with Gasteiger partial charge in [-0.1, -0.05) is 15.9 Å². The average molecular weight is 387 g/mol. The molecule has 0 radical (unpaired) electrons. The summed E-state index contributed by atoms with van der Waals surface area (Å²) < 4.78 is 5.99. The molecule has 5 nitrogen and oxygen atoms in total. The molecule has 0 N–H and O–H groups in total. The summed E-state index contributed by atoms with van der Waals surface area (Å²) in [5, 5.41) is 0. The Morgan fingerprint density at radius 2 is 1.73 bits per heavy atom. The van der Waals surface area contributed by atoms with Crippen molar-refractivity contribution in [2.45, 2.75) is 11.8 Å². The van der Waals surface area contributed by atoms with Crippen LogP contribution in [0.3, 0.4) is 0 Å². The fourth-order valence-electron chi connectivity index (χ4n) is 2.12. The van der Waals surface area contributed by atoms with Gasteiger partial charge in [-0.25, -0.2) is 4.79 Å². The summed E-state index contributed by atoms with van der Waals surface area (Å²) in [5.74, 6) is 0.526. The molecule has 0 aliphatic carbocycles. The number of thioether (sulfide) groups is 1. The van der Waals surface area contributed by atoms with Crippen LogP contribution in [-0.4, -0.2) is 60.3 Å². The molecule has 0 bridgehead atoms. The Labute approximate surface area is 143 Å². The van der Waals surface area contributed by atoms with Crippen LogP contribution in [0.4, 0.5) is 4.79 Å². The van der Waals surface area contributed by atoms with Crippen molar-refractivity contribution in [3.8, 4) is 0 Å². The summed E-state index contributed by atoms with van der Waals surface area (Å²) in [6.45, 7) is 4.37. The second kappa shape index (κ2) is 8.43. The maximum absolute atomic E-state index is 12.2. The van der Waals surface area contributed by atoms with E-state index < -0.39 is 0 Å². The van der Waals surface area contributed by atoms with Crippen molar-refractivity contribution in [3.63, 3.8) is 0 Å². The van der Waals surface area contributed by atoms with E-state index in [1.807, 2.05) is 29.2 Å². The second-order valence-electron chi connectivity index (χ2n) is 4.81. The molecule has 1 heterocycles. The number of rotatable bonds is 4. The standard InChI is InChI=1S/C15H19BrN2O3S/c1-2-21-15(20)18-9-7-17(8-10-18)14(19)11-22-13-5-3-12(16)4-6-13/h3-6H,2,7-11H2,1H3. The monoisotopic (exact) mass is 386 g/mol. The lowest BCUT2D eigenvalue weighted by molar-refractivity contribution is -0.129. The van der Waals surface area contributed by atoms with E-state index in [1.165, 1.54) is 11.8 Å². The zero-order valence-corrected chi connectivity index (χ0v) is 14.9. The smallest absolute Gasteiger partial charge is 0.409 e. The van der Waals surface area contributed by atoms with Gasteiger partial charge in [-0.2, -0.15) is 0 Å². The van der Waals surface area contributed by atoms with Crippen molar-refractivity contribution in [3.05, 3.63) is 28.7 Å². The highest BCUT2D eigenvalue weighted by atomic mass is 79.9. The third kappa shape index (κ3) is 4.91. The Morgan fingerprint density at radius 1 is 1.14 bits per heavy atom. The zero-order chi connectivity index (χ0) is 15.9. The lowest BCUT2D eigenvalue weighted by atomic mass is 10.3. The molecule has 2 amide bonds. The third-order valence-electron chi connectivity index (χ3n) is 3.33. The van der Waals surface area contributed by atoms with Gasteiger partial charge in [-0.15, -0.1) is 11.8 Å². The highest BCUT2D eigenvalue weighted by Gasteiger charge is 2.24. The first-order valence-corrected chi connectivity index (χ1v) is 8.96. The SMILES string of the molecule is CCOC(=O)N1CCN(C(=O)CSc2ccc(Br)cc2)CC1. The molecular formula is C15H19BrN2O3S. The number of nitrogens with zero attached hydrogens (tertiary/aromatic N) is 2. The first kappa shape index (κ1) is 17.1. The van der Waals surface area contributed by atoms with Crippen molar-refractivity contribution in [1.82, 2.24) is 9.80 Å². The summed E-state index contributed by atoms with van der Waals surface area (Å²) in [4.78, 5) is 28.3. The van der Waals surface area contributed by atoms with Crippen molar-refractivity contribution in [2.24, 2.45) is 0 Å². The minimum absolute atomic E-state index is 0.108. The van der Waals surface area contributed by atoms with E-state index in [1.54, 1.807) is 11.8 Å². The molecule has 0 aromatic heterocycles. The Morgan fingerprint density at radius 3 is 2.32 bits per heavy atom. The van der Waals surface area contributed by atoms with E-state index >= 15 is 0 Å². The zero-order valence-electron chi connectivity index (χ0n) is 12.5. The highest BCUT2D eigenvalue weighted by molar-refractivity contribution is 9.10. The van der Waals surface area contributed by atoms with Crippen LogP contribution < -0.4 is 0 Å². The fourth-order valence-corrected chi connectivity index (χ4v) is 3.19. The lowest BCUT2D eigenvalue weighted by Crippen LogP contribution is -2.51. The average Bonchev–Trinajstić information content (AvgIpc) is 2.54. The van der Waals surface area contributed by atoms with Gasteiger partial charge in [0.1, 0.15) is 0 Å². The van der Waals surface area contributed by atoms with Gasteiger partial charge < -0.3 is 14.5 Å². The van der Waals surface area contributed by atoms with E-state index in [4.69, 9.17) is 4.74 Å². The number of carbonyl (C=O) groups excluding carboxylic acids is 2. The molecule has 1 aromatic rings. The summed E-state index contributed by atoms with van der Waals surface area (Å²) >= 11 is 4.92. The maximum Gasteiger partial charge on any atom is 0.409 e. The number of ether oxygens (including phenoxy) is 1. The maximum atomic E-state index is 12.2. The molecule has 1 saturated heterocycles. The molecule has 0 saturated carbocycles. The number of halogens is 1. The number of hydrogen-bond acceptors (Lipinski definition) is 4. The number of benzene rings is 1. The molecule has 0 atom stereocenters. The van der Waals surface area contributed by atoms with Gasteiger partial charge in [0.25, 0.3) is 0 Å². The molecule has 0 unspecified atom stereocenters. The highest BCUT2D eigenvalue weighted by Crippen LogP contribution is 2.21. The van der Waals surface area contributed by atoms with Gasteiger partial charge in [0.2, 0.25) is 5.91 Å². The summed E-state index contributed by atoms with van der Waals surface area (Å²) in [6.07, 6.45) is -0.293. The topological polar surface area (TPSA) is 49.9 Å². The van der Waals surface area contributed by atoms with E-state index in [-0.39, 0.29) is 12.0 Å². The van der Waals surface area contributed by atoms with E-state index in [0.29, 0.717) is 38.5 Å². The number of piperazine rings is 1.